The predicted molar refractivity (Wildman–Crippen MR) is 607 cm³/mol. The molecule has 0 unspecified atom stereocenters. The molecule has 0 fully saturated rings. The normalized spacial score (nSPS) is 11.8. The van der Waals surface area contributed by atoms with Crippen LogP contribution >= 0.6 is 0 Å². The standard InChI is InChI=1S/C50H30N2O2.C46H27N3O2.C40H24N2O2/c1-2-12-32(13-3-1)48-38-16-5-7-18-40(38)49(41-19-8-6-17-39(41)48)33-24-22-31(23-25-33)42-30-43(47-28-34-14-4-10-20-44(34)53-47)52-50(51-42)35-26-27-37-36-15-9-11-21-45(36)54-46(37)29-35;1-2-13-33(14-3-1)49-40-16-8-7-15-34(40)35-24-32(18-20-41(35)49)46-47-38(27-39(48-46)45-26-31-12-6-9-17-42(31)50-45)30-19-21-43-36(23-30)37-22-28-10-4-5-11-29(28)25-44(37)51-43;1-3-12-29-25(9-1)11-7-14-30(29)26-19-21-27(22-20-26)34-24-35(38-23-28-10-2-5-17-36(28)43-38)42-40(41-34)33-16-8-15-32-31-13-4-6-18-37(31)44-39(32)33/h1-30H;1-27H;1-24H. The van der Waals surface area contributed by atoms with Crippen LogP contribution in [0.4, 0.5) is 0 Å². The minimum atomic E-state index is 0.584. The van der Waals surface area contributed by atoms with Crippen LogP contribution in [0.3, 0.4) is 0 Å². The Morgan fingerprint density at radius 2 is 0.517 bits per heavy atom. The van der Waals surface area contributed by atoms with Crippen LogP contribution in [0.1, 0.15) is 0 Å². The van der Waals surface area contributed by atoms with Crippen LogP contribution in [-0.4, -0.2) is 34.5 Å². The lowest BCUT2D eigenvalue weighted by Gasteiger charge is -2.18. The second kappa shape index (κ2) is 35.4. The van der Waals surface area contributed by atoms with Crippen molar-refractivity contribution in [2.45, 2.75) is 0 Å². The molecule has 21 aromatic carbocycles. The molecule has 0 radical (unpaired) electrons. The summed E-state index contributed by atoms with van der Waals surface area (Å²) >= 11 is 0. The maximum Gasteiger partial charge on any atom is 0.164 e. The smallest absolute Gasteiger partial charge is 0.164 e. The number of hydrogen-bond acceptors (Lipinski definition) is 12. The number of fused-ring (bicyclic) bond motifs is 19. The first-order valence-electron chi connectivity index (χ1n) is 49.9. The Kier molecular flexibility index (Phi) is 20.3. The van der Waals surface area contributed by atoms with Crippen molar-refractivity contribution >= 4 is 164 Å². The lowest BCUT2D eigenvalue weighted by atomic mass is 9.86. The molecule has 0 aliphatic carbocycles. The SMILES string of the molecule is c1ccc(-c2c3ccccc3c(-c3ccc(-c4cc(-c5cc6ccccc6o5)nc(-c5ccc6c(c5)oc5ccccc56)n4)cc3)c3ccccc23)cc1.c1ccc(-n2c3ccccc3c3cc(-c4nc(-c5ccc6oc7cc8ccccc8cc7c6c5)cc(-c5cc6ccccc6o5)n4)ccc32)cc1.c1ccc2oc(-c3cc(-c4ccc(-c5cccc6ccccc56)cc4)nc(-c4cccc5c4oc4ccccc45)n3)cc2c1. The molecule has 31 rings (SSSR count). The number of nitrogens with zero attached hydrogens (tertiary/aromatic N) is 7. The summed E-state index contributed by atoms with van der Waals surface area (Å²) in [4.78, 5) is 30.8. The van der Waals surface area contributed by atoms with Gasteiger partial charge in [-0.2, -0.15) is 0 Å². The van der Waals surface area contributed by atoms with E-state index < -0.39 is 0 Å². The fraction of sp³-hybridized carbons (Fsp3) is 0. The van der Waals surface area contributed by atoms with Gasteiger partial charge < -0.3 is 31.1 Å². The van der Waals surface area contributed by atoms with Gasteiger partial charge in [-0.05, 0) is 228 Å². The van der Waals surface area contributed by atoms with Crippen molar-refractivity contribution in [3.05, 3.63) is 491 Å². The maximum absolute atomic E-state index is 6.37. The van der Waals surface area contributed by atoms with E-state index in [9.17, 15) is 0 Å². The first-order chi connectivity index (χ1) is 73.8. The van der Waals surface area contributed by atoms with Crippen molar-refractivity contribution in [1.29, 1.82) is 0 Å². The van der Waals surface area contributed by atoms with Gasteiger partial charge in [0, 0.05) is 92.8 Å². The third kappa shape index (κ3) is 15.2. The summed E-state index contributed by atoms with van der Waals surface area (Å²) in [5.41, 5.74) is 28.2. The Morgan fingerprint density at radius 1 is 0.154 bits per heavy atom. The van der Waals surface area contributed by atoms with E-state index >= 15 is 0 Å². The molecule has 0 spiro atoms. The predicted octanol–water partition coefficient (Wildman–Crippen LogP) is 37.1. The van der Waals surface area contributed by atoms with Gasteiger partial charge in [0.05, 0.1) is 33.7 Å². The quantitative estimate of drug-likeness (QED) is 0.101. The molecule has 10 heterocycles. The van der Waals surface area contributed by atoms with E-state index in [1.165, 1.54) is 65.3 Å². The maximum atomic E-state index is 6.37. The Bertz CT molecular complexity index is 10600. The average Bonchev–Trinajstić information content (AvgIpc) is 1.30. The van der Waals surface area contributed by atoms with Crippen molar-refractivity contribution in [2.24, 2.45) is 0 Å². The van der Waals surface area contributed by atoms with Crippen LogP contribution in [0.25, 0.3) is 305 Å². The molecule has 0 saturated heterocycles. The van der Waals surface area contributed by atoms with Gasteiger partial charge in [-0.25, -0.2) is 29.9 Å². The molecule has 13 heteroatoms. The molecular weight excluding hydrogens is 1830 g/mol. The average molecular weight is 1910 g/mol. The van der Waals surface area contributed by atoms with Gasteiger partial charge in [-0.1, -0.05) is 340 Å². The van der Waals surface area contributed by atoms with Crippen LogP contribution in [0.15, 0.2) is 518 Å². The fourth-order valence-electron chi connectivity index (χ4n) is 21.7. The lowest BCUT2D eigenvalue weighted by molar-refractivity contribution is 0.628. The molecule has 0 atom stereocenters. The van der Waals surface area contributed by atoms with Crippen molar-refractivity contribution in [2.75, 3.05) is 0 Å². The number of para-hydroxylation sites is 8. The highest BCUT2D eigenvalue weighted by atomic mass is 16.4. The highest BCUT2D eigenvalue weighted by molar-refractivity contribution is 6.22. The summed E-state index contributed by atoms with van der Waals surface area (Å²) in [7, 11) is 0. The second-order valence-electron chi connectivity index (χ2n) is 37.7. The van der Waals surface area contributed by atoms with E-state index in [-0.39, 0.29) is 0 Å². The fourth-order valence-corrected chi connectivity index (χ4v) is 21.7. The van der Waals surface area contributed by atoms with Gasteiger partial charge >= 0.3 is 0 Å². The summed E-state index contributed by atoms with van der Waals surface area (Å²) in [6.07, 6.45) is 0. The largest absolute Gasteiger partial charge is 0.456 e. The van der Waals surface area contributed by atoms with Crippen LogP contribution < -0.4 is 0 Å². The highest BCUT2D eigenvalue weighted by Crippen LogP contribution is 2.48. The first-order valence-corrected chi connectivity index (χ1v) is 49.9. The zero-order chi connectivity index (χ0) is 98.1. The van der Waals surface area contributed by atoms with Gasteiger partial charge in [0.1, 0.15) is 67.3 Å². The number of aromatic nitrogens is 7. The van der Waals surface area contributed by atoms with Crippen molar-refractivity contribution < 1.29 is 26.5 Å². The zero-order valence-corrected chi connectivity index (χ0v) is 79.8. The van der Waals surface area contributed by atoms with Crippen molar-refractivity contribution in [3.63, 3.8) is 0 Å². The summed E-state index contributed by atoms with van der Waals surface area (Å²) in [5.74, 6) is 3.90. The van der Waals surface area contributed by atoms with Gasteiger partial charge in [-0.3, -0.25) is 0 Å². The van der Waals surface area contributed by atoms with E-state index in [1.807, 2.05) is 158 Å². The molecule has 0 aliphatic rings. The van der Waals surface area contributed by atoms with E-state index in [4.69, 9.17) is 56.4 Å². The van der Waals surface area contributed by atoms with E-state index in [0.717, 1.165) is 193 Å². The third-order valence-corrected chi connectivity index (χ3v) is 28.8. The molecule has 0 saturated carbocycles. The lowest BCUT2D eigenvalue weighted by Crippen LogP contribution is -1.96. The molecule has 0 bridgehead atoms. The molecule has 149 heavy (non-hydrogen) atoms. The zero-order valence-electron chi connectivity index (χ0n) is 79.8. The highest BCUT2D eigenvalue weighted by Gasteiger charge is 2.26. The molecular formula is C136H81N7O6. The van der Waals surface area contributed by atoms with Gasteiger partial charge in [-0.15, -0.1) is 0 Å². The van der Waals surface area contributed by atoms with Crippen LogP contribution in [0.5, 0.6) is 0 Å². The van der Waals surface area contributed by atoms with Crippen LogP contribution in [0, 0.1) is 0 Å². The number of furan rings is 6. The molecule has 0 N–H and O–H groups in total. The number of hydrogen-bond donors (Lipinski definition) is 0. The molecule has 10 aromatic heterocycles. The molecule has 0 amide bonds. The van der Waals surface area contributed by atoms with E-state index in [0.29, 0.717) is 46.1 Å². The first kappa shape index (κ1) is 85.5. The Balaban J connectivity index is 0.000000106. The minimum Gasteiger partial charge on any atom is -0.456 e. The third-order valence-electron chi connectivity index (χ3n) is 28.8. The second-order valence-corrected chi connectivity index (χ2v) is 37.7. The summed E-state index contributed by atoms with van der Waals surface area (Å²) in [5, 5.41) is 21.5. The molecule has 696 valence electrons. The summed E-state index contributed by atoms with van der Waals surface area (Å²) in [6, 6.07) is 170. The molecule has 31 aromatic rings. The Morgan fingerprint density at radius 3 is 1.11 bits per heavy atom. The van der Waals surface area contributed by atoms with Crippen LogP contribution in [0.2, 0.25) is 0 Å². The Hall–Kier alpha value is -20.3. The van der Waals surface area contributed by atoms with Crippen LogP contribution in [-0.2, 0) is 0 Å². The molecule has 13 nitrogen and oxygen atoms in total. The topological polar surface area (TPSA) is 161 Å². The van der Waals surface area contributed by atoms with E-state index in [2.05, 4.69) is 338 Å². The van der Waals surface area contributed by atoms with Gasteiger partial charge in [0.2, 0.25) is 0 Å². The van der Waals surface area contributed by atoms with Crippen molar-refractivity contribution in [3.8, 4) is 141 Å². The summed E-state index contributed by atoms with van der Waals surface area (Å²) in [6.45, 7) is 0. The van der Waals surface area contributed by atoms with E-state index in [1.54, 1.807) is 0 Å². The number of benzene rings is 21. The molecule has 0 aliphatic heterocycles. The number of rotatable bonds is 13. The minimum absolute atomic E-state index is 0.584. The Labute approximate surface area is 851 Å². The van der Waals surface area contributed by atoms with Crippen molar-refractivity contribution in [1.82, 2.24) is 34.5 Å². The van der Waals surface area contributed by atoms with Gasteiger partial charge in [0.25, 0.3) is 0 Å². The summed E-state index contributed by atoms with van der Waals surface area (Å²) < 4.78 is 40.3. The monoisotopic (exact) mass is 1910 g/mol. The van der Waals surface area contributed by atoms with Gasteiger partial charge in [0.15, 0.2) is 34.8 Å².